The van der Waals surface area contributed by atoms with E-state index in [1.165, 1.54) is 0 Å². The Kier molecular flexibility index (Phi) is 4.55. The van der Waals surface area contributed by atoms with E-state index >= 15 is 0 Å². The van der Waals surface area contributed by atoms with Crippen LogP contribution in [0.5, 0.6) is 0 Å². The monoisotopic (exact) mass is 275 g/mol. The predicted molar refractivity (Wildman–Crippen MR) is 74.7 cm³/mol. The van der Waals surface area contributed by atoms with Crippen LogP contribution in [0.3, 0.4) is 0 Å². The minimum Gasteiger partial charge on any atom is -0.378 e. The quantitative estimate of drug-likeness (QED) is 0.901. The second-order valence-corrected chi connectivity index (χ2v) is 4.53. The third-order valence-corrected chi connectivity index (χ3v) is 3.10. The minimum atomic E-state index is -1.25. The van der Waals surface area contributed by atoms with Crippen LogP contribution in [0.2, 0.25) is 5.02 Å². The molecule has 2 aromatic rings. The van der Waals surface area contributed by atoms with E-state index in [1.54, 1.807) is 24.3 Å². The molecule has 0 saturated heterocycles. The molecule has 0 saturated carbocycles. The number of carbonyl (C=O) groups excluding carboxylic acids is 1. The predicted octanol–water partition coefficient (Wildman–Crippen LogP) is 2.69. The number of rotatable bonds is 4. The molecule has 98 valence electrons. The van der Waals surface area contributed by atoms with Crippen molar-refractivity contribution in [1.82, 2.24) is 5.32 Å². The second-order valence-electron chi connectivity index (χ2n) is 4.13. The van der Waals surface area contributed by atoms with Crippen molar-refractivity contribution in [3.05, 3.63) is 70.7 Å². The summed E-state index contributed by atoms with van der Waals surface area (Å²) in [5.74, 6) is -0.461. The summed E-state index contributed by atoms with van der Waals surface area (Å²) in [4.78, 5) is 11.8. The molecule has 0 fully saturated rings. The molecule has 0 aromatic heterocycles. The highest BCUT2D eigenvalue weighted by Gasteiger charge is 2.19. The average molecular weight is 276 g/mol. The van der Waals surface area contributed by atoms with E-state index < -0.39 is 12.0 Å². The van der Waals surface area contributed by atoms with Gasteiger partial charge in [-0.1, -0.05) is 60.1 Å². The maximum atomic E-state index is 11.8. The molecule has 0 bridgehead atoms. The van der Waals surface area contributed by atoms with Crippen LogP contribution in [0.15, 0.2) is 54.6 Å². The Morgan fingerprint density at radius 3 is 2.42 bits per heavy atom. The van der Waals surface area contributed by atoms with Gasteiger partial charge in [-0.15, -0.1) is 0 Å². The molecule has 0 spiro atoms. The van der Waals surface area contributed by atoms with Crippen molar-refractivity contribution in [3.8, 4) is 0 Å². The first-order valence-corrected chi connectivity index (χ1v) is 6.30. The number of aliphatic hydroxyl groups is 1. The molecule has 3 nitrogen and oxygen atoms in total. The molecular formula is C15H14ClNO2. The number of benzene rings is 2. The summed E-state index contributed by atoms with van der Waals surface area (Å²) >= 11 is 5.94. The van der Waals surface area contributed by atoms with Gasteiger partial charge in [-0.2, -0.15) is 0 Å². The highest BCUT2D eigenvalue weighted by molar-refractivity contribution is 6.31. The van der Waals surface area contributed by atoms with Gasteiger partial charge in [0.2, 0.25) is 0 Å². The smallest absolute Gasteiger partial charge is 0.253 e. The maximum absolute atomic E-state index is 11.8. The third-order valence-electron chi connectivity index (χ3n) is 2.76. The van der Waals surface area contributed by atoms with Crippen molar-refractivity contribution >= 4 is 17.5 Å². The summed E-state index contributed by atoms with van der Waals surface area (Å²) in [6, 6.07) is 16.3. The van der Waals surface area contributed by atoms with Gasteiger partial charge >= 0.3 is 0 Å². The first-order chi connectivity index (χ1) is 9.18. The molecule has 1 amide bonds. The zero-order chi connectivity index (χ0) is 13.7. The van der Waals surface area contributed by atoms with Crippen LogP contribution in [0, 0.1) is 0 Å². The molecule has 4 heteroatoms. The number of aliphatic hydroxyl groups excluding tert-OH is 1. The number of hydrogen-bond donors (Lipinski definition) is 2. The number of halogens is 1. The molecule has 0 aliphatic carbocycles. The van der Waals surface area contributed by atoms with Crippen LogP contribution < -0.4 is 5.32 Å². The number of hydrogen-bond acceptors (Lipinski definition) is 2. The zero-order valence-electron chi connectivity index (χ0n) is 10.2. The highest BCUT2D eigenvalue weighted by Crippen LogP contribution is 2.22. The van der Waals surface area contributed by atoms with Crippen molar-refractivity contribution in [2.24, 2.45) is 0 Å². The van der Waals surface area contributed by atoms with Crippen LogP contribution >= 0.6 is 11.6 Å². The van der Waals surface area contributed by atoms with Gasteiger partial charge in [0.25, 0.3) is 5.91 Å². The highest BCUT2D eigenvalue weighted by atomic mass is 35.5. The zero-order valence-corrected chi connectivity index (χ0v) is 11.0. The number of carbonyl (C=O) groups is 1. The first kappa shape index (κ1) is 13.6. The standard InChI is InChI=1S/C15H14ClNO2/c16-13-9-5-4-8-12(13)14(18)15(19)17-10-11-6-2-1-3-7-11/h1-9,14,18H,10H2,(H,17,19)/t14-/m1/s1. The summed E-state index contributed by atoms with van der Waals surface area (Å²) in [5.41, 5.74) is 1.39. The van der Waals surface area contributed by atoms with E-state index in [4.69, 9.17) is 11.6 Å². The number of nitrogens with one attached hydrogen (secondary N) is 1. The lowest BCUT2D eigenvalue weighted by molar-refractivity contribution is -0.129. The molecular weight excluding hydrogens is 262 g/mol. The van der Waals surface area contributed by atoms with Gasteiger partial charge in [-0.25, -0.2) is 0 Å². The molecule has 2 rings (SSSR count). The van der Waals surface area contributed by atoms with Gasteiger partial charge in [-0.3, -0.25) is 4.79 Å². The van der Waals surface area contributed by atoms with Crippen molar-refractivity contribution in [3.63, 3.8) is 0 Å². The third kappa shape index (κ3) is 3.56. The Balaban J connectivity index is 1.99. The van der Waals surface area contributed by atoms with Gasteiger partial charge in [0.1, 0.15) is 0 Å². The summed E-state index contributed by atoms with van der Waals surface area (Å²) in [6.45, 7) is 0.376. The Morgan fingerprint density at radius 2 is 1.74 bits per heavy atom. The summed E-state index contributed by atoms with van der Waals surface area (Å²) in [7, 11) is 0. The van der Waals surface area contributed by atoms with Gasteiger partial charge in [-0.05, 0) is 11.6 Å². The Morgan fingerprint density at radius 1 is 1.11 bits per heavy atom. The Labute approximate surface area is 116 Å². The normalized spacial score (nSPS) is 11.9. The van der Waals surface area contributed by atoms with Crippen molar-refractivity contribution in [1.29, 1.82) is 0 Å². The average Bonchev–Trinajstić information content (AvgIpc) is 2.45. The first-order valence-electron chi connectivity index (χ1n) is 5.92. The van der Waals surface area contributed by atoms with Gasteiger partial charge in [0, 0.05) is 17.1 Å². The molecule has 0 aliphatic rings. The van der Waals surface area contributed by atoms with Crippen LogP contribution in [0.25, 0.3) is 0 Å². The molecule has 0 aliphatic heterocycles. The lowest BCUT2D eigenvalue weighted by Crippen LogP contribution is -2.28. The molecule has 1 atom stereocenters. The van der Waals surface area contributed by atoms with Gasteiger partial charge in [0.05, 0.1) is 0 Å². The van der Waals surface area contributed by atoms with Crippen molar-refractivity contribution < 1.29 is 9.90 Å². The topological polar surface area (TPSA) is 49.3 Å². The van der Waals surface area contributed by atoms with Crippen LogP contribution in [-0.2, 0) is 11.3 Å². The lowest BCUT2D eigenvalue weighted by Gasteiger charge is -2.13. The van der Waals surface area contributed by atoms with Gasteiger partial charge < -0.3 is 10.4 Å². The fraction of sp³-hybridized carbons (Fsp3) is 0.133. The van der Waals surface area contributed by atoms with E-state index in [1.807, 2.05) is 30.3 Å². The van der Waals surface area contributed by atoms with Crippen LogP contribution in [0.1, 0.15) is 17.2 Å². The van der Waals surface area contributed by atoms with Gasteiger partial charge in [0.15, 0.2) is 6.10 Å². The van der Waals surface area contributed by atoms with Crippen molar-refractivity contribution in [2.75, 3.05) is 0 Å². The molecule has 0 unspecified atom stereocenters. The lowest BCUT2D eigenvalue weighted by atomic mass is 10.1. The molecule has 19 heavy (non-hydrogen) atoms. The second kappa shape index (κ2) is 6.36. The summed E-state index contributed by atoms with van der Waals surface area (Å²) in [5, 5.41) is 13.0. The number of amides is 1. The van der Waals surface area contributed by atoms with E-state index in [0.717, 1.165) is 5.56 Å². The SMILES string of the molecule is O=C(NCc1ccccc1)[C@H](O)c1ccccc1Cl. The largest absolute Gasteiger partial charge is 0.378 e. The summed E-state index contributed by atoms with van der Waals surface area (Å²) < 4.78 is 0. The molecule has 0 heterocycles. The molecule has 2 N–H and O–H groups in total. The Bertz CT molecular complexity index is 557. The van der Waals surface area contributed by atoms with E-state index in [2.05, 4.69) is 5.32 Å². The Hall–Kier alpha value is -1.84. The van der Waals surface area contributed by atoms with E-state index in [-0.39, 0.29) is 0 Å². The van der Waals surface area contributed by atoms with Crippen molar-refractivity contribution in [2.45, 2.75) is 12.6 Å². The maximum Gasteiger partial charge on any atom is 0.253 e. The van der Waals surface area contributed by atoms with E-state index in [9.17, 15) is 9.90 Å². The minimum absolute atomic E-state index is 0.376. The molecule has 0 radical (unpaired) electrons. The summed E-state index contributed by atoms with van der Waals surface area (Å²) in [6.07, 6.45) is -1.25. The van der Waals surface area contributed by atoms with E-state index in [0.29, 0.717) is 17.1 Å². The van der Waals surface area contributed by atoms with Crippen LogP contribution in [-0.4, -0.2) is 11.0 Å². The molecule has 2 aromatic carbocycles. The van der Waals surface area contributed by atoms with Crippen LogP contribution in [0.4, 0.5) is 0 Å². The fourth-order valence-electron chi connectivity index (χ4n) is 1.72. The fourth-order valence-corrected chi connectivity index (χ4v) is 1.96.